The van der Waals surface area contributed by atoms with Gasteiger partial charge in [0.15, 0.2) is 0 Å². The summed E-state index contributed by atoms with van der Waals surface area (Å²) in [6.07, 6.45) is 44.6. The first-order valence-electron chi connectivity index (χ1n) is 18.5. The molecule has 0 heterocycles. The van der Waals surface area contributed by atoms with Crippen LogP contribution in [0.2, 0.25) is 0 Å². The van der Waals surface area contributed by atoms with Crippen molar-refractivity contribution in [2.24, 2.45) is 0 Å². The van der Waals surface area contributed by atoms with Gasteiger partial charge in [-0.05, 0) is 64.2 Å². The van der Waals surface area contributed by atoms with Crippen molar-refractivity contribution in [1.82, 2.24) is 0 Å². The second-order valence-electron chi connectivity index (χ2n) is 12.1. The zero-order valence-electron chi connectivity index (χ0n) is 29.3. The van der Waals surface area contributed by atoms with Crippen molar-refractivity contribution in [1.29, 1.82) is 0 Å². The van der Waals surface area contributed by atoms with Crippen molar-refractivity contribution < 1.29 is 44.7 Å². The molecule has 271 valence electrons. The third kappa shape index (κ3) is 54.0. The molecule has 0 aliphatic rings. The van der Waals surface area contributed by atoms with E-state index in [1.165, 1.54) is 154 Å². The first-order valence-corrected chi connectivity index (χ1v) is 21.0. The molecule has 6 nitrogen and oxygen atoms in total. The SMILES string of the molecule is CCCCCCCC/C=C\CCCCCCCCO[PH](=O)[O-].CCCCCCCC/C=C\CCCCCCCCO[PH](=O)[O-].[Co+2]. The Morgan fingerprint density at radius 1 is 0.400 bits per heavy atom. The minimum absolute atomic E-state index is 0. The first kappa shape index (κ1) is 49.7. The molecule has 2 atom stereocenters. The van der Waals surface area contributed by atoms with Crippen molar-refractivity contribution in [3.05, 3.63) is 24.3 Å². The van der Waals surface area contributed by atoms with Crippen molar-refractivity contribution in [3.63, 3.8) is 0 Å². The van der Waals surface area contributed by atoms with E-state index in [0.29, 0.717) is 13.2 Å². The van der Waals surface area contributed by atoms with Crippen LogP contribution < -0.4 is 9.79 Å². The maximum absolute atomic E-state index is 10.2. The molecule has 0 aliphatic heterocycles. The molecule has 0 spiro atoms. The average Bonchev–Trinajstić information content (AvgIpc) is 3.00. The van der Waals surface area contributed by atoms with E-state index in [0.717, 1.165) is 25.7 Å². The summed E-state index contributed by atoms with van der Waals surface area (Å²) in [5.41, 5.74) is 0. The fraction of sp³-hybridized carbons (Fsp3) is 0.889. The van der Waals surface area contributed by atoms with Crippen molar-refractivity contribution in [2.45, 2.75) is 194 Å². The predicted molar refractivity (Wildman–Crippen MR) is 189 cm³/mol. The van der Waals surface area contributed by atoms with Crippen molar-refractivity contribution in [3.8, 4) is 0 Å². The second kappa shape index (κ2) is 46.4. The van der Waals surface area contributed by atoms with Gasteiger partial charge in [-0.1, -0.05) is 154 Å². The molecule has 0 rings (SSSR count). The Balaban J connectivity index is -0.000000767. The van der Waals surface area contributed by atoms with E-state index in [2.05, 4.69) is 47.2 Å². The number of allylic oxidation sites excluding steroid dienone is 4. The fourth-order valence-corrected chi connectivity index (χ4v) is 5.63. The molecule has 0 amide bonds. The van der Waals surface area contributed by atoms with Gasteiger partial charge in [-0.3, -0.25) is 0 Å². The van der Waals surface area contributed by atoms with Gasteiger partial charge in [0.2, 0.25) is 0 Å². The fourth-order valence-electron chi connectivity index (χ4n) is 5.01. The maximum atomic E-state index is 10.2. The third-order valence-corrected chi connectivity index (χ3v) is 8.63. The Bertz CT molecular complexity index is 595. The Labute approximate surface area is 291 Å². The van der Waals surface area contributed by atoms with Gasteiger partial charge in [0.25, 0.3) is 0 Å². The Morgan fingerprint density at radius 3 is 0.867 bits per heavy atom. The van der Waals surface area contributed by atoms with E-state index in [4.69, 9.17) is 0 Å². The number of hydrogen-bond donors (Lipinski definition) is 0. The van der Waals surface area contributed by atoms with Crippen LogP contribution in [0.3, 0.4) is 0 Å². The number of hydrogen-bond acceptors (Lipinski definition) is 6. The molecule has 0 fully saturated rings. The van der Waals surface area contributed by atoms with Crippen LogP contribution in [0.4, 0.5) is 0 Å². The molecule has 0 saturated heterocycles. The Morgan fingerprint density at radius 2 is 0.622 bits per heavy atom. The molecule has 0 aliphatic carbocycles. The normalized spacial score (nSPS) is 12.7. The van der Waals surface area contributed by atoms with Gasteiger partial charge in [0.1, 0.15) is 16.5 Å². The molecule has 0 aromatic rings. The van der Waals surface area contributed by atoms with E-state index in [1.807, 2.05) is 0 Å². The molecule has 0 N–H and O–H groups in total. The standard InChI is InChI=1S/2C18H37O3P.Co/c2*1-2-3-4-5-6-7-8-9-10-11-12-13-14-15-16-17-18-21-22(19)20;/h2*9-10,22H,2-8,11-18H2,1H3,(H,19,20);/q;;+2/p-2/b2*10-9-;. The number of unbranched alkanes of at least 4 members (excludes halogenated alkanes) is 24. The van der Waals surface area contributed by atoms with Crippen LogP contribution in [0.5, 0.6) is 0 Å². The monoisotopic (exact) mass is 721 g/mol. The number of rotatable bonds is 34. The minimum Gasteiger partial charge on any atom is -0.781 e. The molecule has 0 aromatic carbocycles. The summed E-state index contributed by atoms with van der Waals surface area (Å²) in [7, 11) is -5.92. The van der Waals surface area contributed by atoms with Crippen LogP contribution in [0.15, 0.2) is 24.3 Å². The molecule has 0 aromatic heterocycles. The van der Waals surface area contributed by atoms with Crippen LogP contribution in [-0.2, 0) is 35.0 Å². The summed E-state index contributed by atoms with van der Waals surface area (Å²) >= 11 is 0. The van der Waals surface area contributed by atoms with E-state index >= 15 is 0 Å². The van der Waals surface area contributed by atoms with Gasteiger partial charge in [-0.25, -0.2) is 0 Å². The van der Waals surface area contributed by atoms with Crippen molar-refractivity contribution in [2.75, 3.05) is 13.2 Å². The van der Waals surface area contributed by atoms with Crippen LogP contribution in [0.1, 0.15) is 194 Å². The van der Waals surface area contributed by atoms with E-state index in [-0.39, 0.29) is 16.8 Å². The largest absolute Gasteiger partial charge is 2.00 e. The van der Waals surface area contributed by atoms with Gasteiger partial charge in [-0.2, -0.15) is 0 Å². The van der Waals surface area contributed by atoms with Gasteiger partial charge in [0.05, 0.1) is 13.2 Å². The summed E-state index contributed by atoms with van der Waals surface area (Å²) in [4.78, 5) is 20.4. The van der Waals surface area contributed by atoms with Crippen LogP contribution >= 0.6 is 16.5 Å². The summed E-state index contributed by atoms with van der Waals surface area (Å²) in [6.45, 7) is 5.25. The van der Waals surface area contributed by atoms with E-state index in [9.17, 15) is 18.9 Å². The molecular weight excluding hydrogens is 649 g/mol. The molecule has 45 heavy (non-hydrogen) atoms. The van der Waals surface area contributed by atoms with E-state index < -0.39 is 16.5 Å². The summed E-state index contributed by atoms with van der Waals surface area (Å²) in [5, 5.41) is 0. The maximum Gasteiger partial charge on any atom is 2.00 e. The van der Waals surface area contributed by atoms with Gasteiger partial charge in [0, 0.05) is 0 Å². The zero-order valence-corrected chi connectivity index (χ0v) is 32.3. The molecule has 0 bridgehead atoms. The molecule has 2 unspecified atom stereocenters. The summed E-state index contributed by atoms with van der Waals surface area (Å²) in [6, 6.07) is 0. The van der Waals surface area contributed by atoms with Gasteiger partial charge >= 0.3 is 16.8 Å². The van der Waals surface area contributed by atoms with Crippen LogP contribution in [-0.4, -0.2) is 13.2 Å². The Hall–Kier alpha value is 0.286. The quantitative estimate of drug-likeness (QED) is 0.0373. The van der Waals surface area contributed by atoms with Gasteiger partial charge < -0.3 is 28.0 Å². The molecule has 9 heteroatoms. The first-order chi connectivity index (χ1) is 21.5. The Kier molecular flexibility index (Phi) is 51.2. The predicted octanol–water partition coefficient (Wildman–Crippen LogP) is 11.6. The molecular formula is C36H72CoO6P2. The average molecular weight is 722 g/mol. The minimum atomic E-state index is -2.96. The van der Waals surface area contributed by atoms with E-state index in [1.54, 1.807) is 0 Å². The zero-order chi connectivity index (χ0) is 32.6. The van der Waals surface area contributed by atoms with Crippen LogP contribution in [0, 0.1) is 0 Å². The summed E-state index contributed by atoms with van der Waals surface area (Å²) in [5.74, 6) is 0. The topological polar surface area (TPSA) is 98.7 Å². The molecule has 0 saturated carbocycles. The van der Waals surface area contributed by atoms with Crippen LogP contribution in [0.25, 0.3) is 0 Å². The smallest absolute Gasteiger partial charge is 0.781 e. The van der Waals surface area contributed by atoms with Crippen molar-refractivity contribution >= 4 is 16.5 Å². The molecule has 1 radical (unpaired) electrons. The second-order valence-corrected chi connectivity index (χ2v) is 13.6. The summed E-state index contributed by atoms with van der Waals surface area (Å²) < 4.78 is 29.5. The third-order valence-electron chi connectivity index (χ3n) is 7.75. The van der Waals surface area contributed by atoms with Gasteiger partial charge in [-0.15, -0.1) is 0 Å².